The van der Waals surface area contributed by atoms with Crippen molar-refractivity contribution >= 4 is 28.8 Å². The Balaban J connectivity index is 3.91. The molecule has 0 heterocycles. The van der Waals surface area contributed by atoms with Gasteiger partial charge in [0, 0.05) is 0 Å². The van der Waals surface area contributed by atoms with E-state index in [1.54, 1.807) is 0 Å². The zero-order valence-electron chi connectivity index (χ0n) is 4.23. The number of hydrogen-bond acceptors (Lipinski definition) is 4. The van der Waals surface area contributed by atoms with Crippen LogP contribution in [0.2, 0.25) is 0 Å². The third-order valence-electron chi connectivity index (χ3n) is 0.386. The minimum atomic E-state index is -4.38. The highest BCUT2D eigenvalue weighted by Gasteiger charge is 2.06. The van der Waals surface area contributed by atoms with Crippen LogP contribution in [0.15, 0.2) is 0 Å². The Kier molecular flexibility index (Phi) is 2.95. The van der Waals surface area contributed by atoms with Gasteiger partial charge in [-0.2, -0.15) is 21.0 Å². The minimum absolute atomic E-state index is 0.278. The zero-order valence-corrected chi connectivity index (χ0v) is 5.95. The lowest BCUT2D eigenvalue weighted by molar-refractivity contribution is -0.116. The summed E-state index contributed by atoms with van der Waals surface area (Å²) >= 11 is 3.44. The molecule has 2 N–H and O–H groups in total. The van der Waals surface area contributed by atoms with E-state index in [4.69, 9.17) is 4.55 Å². The van der Waals surface area contributed by atoms with Crippen LogP contribution in [-0.2, 0) is 15.1 Å². The van der Waals surface area contributed by atoms with Crippen LogP contribution < -0.4 is 4.72 Å². The fourth-order valence-corrected chi connectivity index (χ4v) is 0.722. The SMILES string of the molecule is O=C(CS)NS(=O)(=O)O. The summed E-state index contributed by atoms with van der Waals surface area (Å²) in [6.07, 6.45) is 0. The topological polar surface area (TPSA) is 83.5 Å². The van der Waals surface area contributed by atoms with E-state index in [0.29, 0.717) is 0 Å². The van der Waals surface area contributed by atoms with Gasteiger partial charge >= 0.3 is 10.3 Å². The van der Waals surface area contributed by atoms with Gasteiger partial charge in [-0.05, 0) is 0 Å². The van der Waals surface area contributed by atoms with E-state index < -0.39 is 16.2 Å². The normalized spacial score (nSPS) is 10.9. The molecule has 7 heteroatoms. The summed E-state index contributed by atoms with van der Waals surface area (Å²) in [6, 6.07) is 0. The molecule has 0 saturated carbocycles. The van der Waals surface area contributed by atoms with Crippen LogP contribution in [0.3, 0.4) is 0 Å². The van der Waals surface area contributed by atoms with Gasteiger partial charge in [-0.1, -0.05) is 0 Å². The van der Waals surface area contributed by atoms with Crippen molar-refractivity contribution in [1.29, 1.82) is 0 Å². The minimum Gasteiger partial charge on any atom is -0.273 e. The third kappa shape index (κ3) is 5.60. The Labute approximate surface area is 57.7 Å². The number of hydrogen-bond donors (Lipinski definition) is 3. The number of amides is 1. The molecule has 0 fully saturated rings. The van der Waals surface area contributed by atoms with Gasteiger partial charge in [-0.25, -0.2) is 4.72 Å². The van der Waals surface area contributed by atoms with E-state index in [2.05, 4.69) is 12.6 Å². The predicted octanol–water partition coefficient (Wildman–Crippen LogP) is -1.16. The quantitative estimate of drug-likeness (QED) is 0.361. The van der Waals surface area contributed by atoms with E-state index in [1.165, 1.54) is 4.72 Å². The van der Waals surface area contributed by atoms with Crippen molar-refractivity contribution in [1.82, 2.24) is 4.72 Å². The highest BCUT2D eigenvalue weighted by molar-refractivity contribution is 7.85. The van der Waals surface area contributed by atoms with Crippen LogP contribution in [0.1, 0.15) is 0 Å². The van der Waals surface area contributed by atoms with Crippen LogP contribution in [0.4, 0.5) is 0 Å². The Morgan fingerprint density at radius 3 is 2.22 bits per heavy atom. The van der Waals surface area contributed by atoms with Gasteiger partial charge in [-0.3, -0.25) is 9.35 Å². The highest BCUT2D eigenvalue weighted by atomic mass is 32.2. The van der Waals surface area contributed by atoms with Crippen molar-refractivity contribution in [3.63, 3.8) is 0 Å². The molecule has 54 valence electrons. The van der Waals surface area contributed by atoms with Crippen LogP contribution in [0.25, 0.3) is 0 Å². The second-order valence-corrected chi connectivity index (χ2v) is 2.63. The van der Waals surface area contributed by atoms with Crippen LogP contribution in [0.5, 0.6) is 0 Å². The first-order chi connectivity index (χ1) is 3.95. The number of thiol groups is 1. The fourth-order valence-electron chi connectivity index (χ4n) is 0.176. The summed E-state index contributed by atoms with van der Waals surface area (Å²) in [5, 5.41) is 0. The standard InChI is InChI=1S/C2H5NO4S2/c4-2(1-8)3-9(5,6)7/h8H,1H2,(H,3,4)(H,5,6,7). The van der Waals surface area contributed by atoms with Crippen molar-refractivity contribution in [2.75, 3.05) is 5.75 Å². The number of carbonyl (C=O) groups is 1. The van der Waals surface area contributed by atoms with E-state index in [9.17, 15) is 13.2 Å². The molecule has 0 aromatic heterocycles. The van der Waals surface area contributed by atoms with E-state index in [1.807, 2.05) is 0 Å². The Hall–Kier alpha value is -0.270. The van der Waals surface area contributed by atoms with Gasteiger partial charge in [-0.15, -0.1) is 0 Å². The smallest absolute Gasteiger partial charge is 0.273 e. The maximum atomic E-state index is 10.1. The van der Waals surface area contributed by atoms with Gasteiger partial charge in [0.05, 0.1) is 5.75 Å². The molecule has 1 amide bonds. The van der Waals surface area contributed by atoms with Crippen molar-refractivity contribution in [3.8, 4) is 0 Å². The molecule has 0 saturated heterocycles. The van der Waals surface area contributed by atoms with Gasteiger partial charge in [0.2, 0.25) is 5.91 Å². The summed E-state index contributed by atoms with van der Waals surface area (Å²) in [4.78, 5) is 10.1. The molecule has 0 aliphatic heterocycles. The van der Waals surface area contributed by atoms with Gasteiger partial charge < -0.3 is 0 Å². The molecule has 0 atom stereocenters. The number of rotatable bonds is 2. The maximum Gasteiger partial charge on any atom is 0.359 e. The monoisotopic (exact) mass is 171 g/mol. The molecule has 0 radical (unpaired) electrons. The molecule has 0 bridgehead atoms. The Morgan fingerprint density at radius 1 is 1.67 bits per heavy atom. The maximum absolute atomic E-state index is 10.1. The van der Waals surface area contributed by atoms with E-state index in [-0.39, 0.29) is 5.75 Å². The summed E-state index contributed by atoms with van der Waals surface area (Å²) < 4.78 is 28.8. The van der Waals surface area contributed by atoms with E-state index in [0.717, 1.165) is 0 Å². The number of carbonyl (C=O) groups excluding carboxylic acids is 1. The van der Waals surface area contributed by atoms with Crippen LogP contribution in [-0.4, -0.2) is 24.6 Å². The van der Waals surface area contributed by atoms with Crippen molar-refractivity contribution in [3.05, 3.63) is 0 Å². The molecule has 0 unspecified atom stereocenters. The predicted molar refractivity (Wildman–Crippen MR) is 33.5 cm³/mol. The average Bonchev–Trinajstić information content (AvgIpc) is 1.62. The van der Waals surface area contributed by atoms with Crippen molar-refractivity contribution in [2.45, 2.75) is 0 Å². The second-order valence-electron chi connectivity index (χ2n) is 1.16. The molecule has 0 aliphatic rings. The van der Waals surface area contributed by atoms with Crippen LogP contribution >= 0.6 is 12.6 Å². The highest BCUT2D eigenvalue weighted by Crippen LogP contribution is 1.76. The molecule has 0 aromatic rings. The average molecular weight is 171 g/mol. The summed E-state index contributed by atoms with van der Waals surface area (Å²) in [6.45, 7) is 0. The molecular formula is C2H5NO4S2. The summed E-state index contributed by atoms with van der Waals surface area (Å²) in [5.74, 6) is -1.14. The summed E-state index contributed by atoms with van der Waals surface area (Å²) in [7, 11) is -4.38. The van der Waals surface area contributed by atoms with Gasteiger partial charge in [0.1, 0.15) is 0 Å². The largest absolute Gasteiger partial charge is 0.359 e. The van der Waals surface area contributed by atoms with Gasteiger partial charge in [0.15, 0.2) is 0 Å². The lowest BCUT2D eigenvalue weighted by atomic mass is 10.8. The van der Waals surface area contributed by atoms with Gasteiger partial charge in [0.25, 0.3) is 0 Å². The lowest BCUT2D eigenvalue weighted by Gasteiger charge is -1.94. The molecule has 0 rings (SSSR count). The molecule has 0 aromatic carbocycles. The first kappa shape index (κ1) is 8.73. The molecule has 0 spiro atoms. The first-order valence-corrected chi connectivity index (χ1v) is 3.92. The zero-order chi connectivity index (χ0) is 7.49. The molecule has 9 heavy (non-hydrogen) atoms. The second kappa shape index (κ2) is 3.04. The molecule has 0 aliphatic carbocycles. The first-order valence-electron chi connectivity index (χ1n) is 1.84. The van der Waals surface area contributed by atoms with Crippen LogP contribution in [0, 0.1) is 0 Å². The fraction of sp³-hybridized carbons (Fsp3) is 0.500. The Bertz CT molecular complexity index is 195. The third-order valence-corrected chi connectivity index (χ3v) is 1.16. The lowest BCUT2D eigenvalue weighted by Crippen LogP contribution is -2.30. The van der Waals surface area contributed by atoms with Crippen molar-refractivity contribution in [2.24, 2.45) is 0 Å². The van der Waals surface area contributed by atoms with E-state index >= 15 is 0 Å². The molecule has 5 nitrogen and oxygen atoms in total. The summed E-state index contributed by atoms with van der Waals surface area (Å²) in [5.41, 5.74) is 0. The Morgan fingerprint density at radius 2 is 2.11 bits per heavy atom. The van der Waals surface area contributed by atoms with Crippen molar-refractivity contribution < 1.29 is 17.8 Å². The number of nitrogens with one attached hydrogen (secondary N) is 1. The molecular weight excluding hydrogens is 166 g/mol.